The van der Waals surface area contributed by atoms with Crippen molar-refractivity contribution in [2.45, 2.75) is 33.6 Å². The largest absolute Gasteiger partial charge is 0.469 e. The minimum Gasteiger partial charge on any atom is -0.469 e. The van der Waals surface area contributed by atoms with Crippen LogP contribution in [0.15, 0.2) is 40.7 Å². The Balaban J connectivity index is 3.22. The lowest BCUT2D eigenvalue weighted by Crippen LogP contribution is -2.43. The molecule has 1 heterocycles. The van der Waals surface area contributed by atoms with Gasteiger partial charge in [-0.25, -0.2) is 0 Å². The molecule has 0 atom stereocenters. The van der Waals surface area contributed by atoms with Gasteiger partial charge in [0.05, 0.1) is 19.5 Å². The van der Waals surface area contributed by atoms with Crippen LogP contribution in [-0.4, -0.2) is 25.2 Å². The molecule has 1 rings (SSSR count). The van der Waals surface area contributed by atoms with E-state index in [1.807, 2.05) is 0 Å². The molecule has 0 N–H and O–H groups in total. The molecule has 1 aromatic heterocycles. The van der Waals surface area contributed by atoms with Crippen LogP contribution in [0.1, 0.15) is 33.0 Å². The summed E-state index contributed by atoms with van der Waals surface area (Å²) in [6, 6.07) is 3.42. The third-order valence-electron chi connectivity index (χ3n) is 3.12. The first kappa shape index (κ1) is 17.8. The van der Waals surface area contributed by atoms with Gasteiger partial charge in [-0.2, -0.15) is 0 Å². The maximum absolute atomic E-state index is 12.5. The zero-order valence-corrected chi connectivity index (χ0v) is 13.3. The standard InChI is InChI=1S/C17H22O5/c1-4-7-8-11-17(15(18)20-5-2,16(19)21-6-3)13-14-10-9-12-22-14/h4,8-10,12H,5-6,11,13H2,1-3H3. The summed E-state index contributed by atoms with van der Waals surface area (Å²) >= 11 is 0. The van der Waals surface area contributed by atoms with E-state index >= 15 is 0 Å². The van der Waals surface area contributed by atoms with Gasteiger partial charge in [0, 0.05) is 12.8 Å². The Morgan fingerprint density at radius 1 is 1.27 bits per heavy atom. The molecular weight excluding hydrogens is 284 g/mol. The highest BCUT2D eigenvalue weighted by Crippen LogP contribution is 2.32. The Morgan fingerprint density at radius 2 is 1.91 bits per heavy atom. The molecule has 0 aliphatic carbocycles. The summed E-state index contributed by atoms with van der Waals surface area (Å²) in [6.45, 7) is 5.57. The average Bonchev–Trinajstić information content (AvgIpc) is 2.99. The van der Waals surface area contributed by atoms with E-state index in [0.29, 0.717) is 5.76 Å². The van der Waals surface area contributed by atoms with Gasteiger partial charge in [0.15, 0.2) is 5.41 Å². The van der Waals surface area contributed by atoms with Gasteiger partial charge in [0.25, 0.3) is 0 Å². The van der Waals surface area contributed by atoms with Crippen molar-refractivity contribution in [3.8, 4) is 0 Å². The van der Waals surface area contributed by atoms with Gasteiger partial charge in [0.2, 0.25) is 0 Å². The van der Waals surface area contributed by atoms with E-state index in [9.17, 15) is 9.59 Å². The Labute approximate surface area is 130 Å². The summed E-state index contributed by atoms with van der Waals surface area (Å²) < 4.78 is 15.5. The number of rotatable bonds is 8. The lowest BCUT2D eigenvalue weighted by atomic mass is 9.80. The van der Waals surface area contributed by atoms with Crippen LogP contribution in [0.4, 0.5) is 0 Å². The van der Waals surface area contributed by atoms with Crippen molar-refractivity contribution in [1.29, 1.82) is 0 Å². The topological polar surface area (TPSA) is 65.7 Å². The second kappa shape index (κ2) is 8.90. The molecule has 0 bridgehead atoms. The molecule has 5 heteroatoms. The predicted octanol–water partition coefficient (Wildman–Crippen LogP) is 3.06. The number of furan rings is 1. The van der Waals surface area contributed by atoms with Crippen molar-refractivity contribution in [1.82, 2.24) is 0 Å². The maximum Gasteiger partial charge on any atom is 0.324 e. The molecular formula is C17H22O5. The molecule has 0 spiro atoms. The summed E-state index contributed by atoms with van der Waals surface area (Å²) in [7, 11) is 0. The smallest absolute Gasteiger partial charge is 0.324 e. The SMILES string of the molecule is CC=C=CCC(Cc1ccco1)(C(=O)OCC)C(=O)OCC. The van der Waals surface area contributed by atoms with E-state index in [1.165, 1.54) is 6.26 Å². The normalized spacial score (nSPS) is 10.5. The zero-order valence-electron chi connectivity index (χ0n) is 13.3. The molecule has 0 aromatic carbocycles. The fraction of sp³-hybridized carbons (Fsp3) is 0.471. The van der Waals surface area contributed by atoms with Crippen molar-refractivity contribution in [3.63, 3.8) is 0 Å². The van der Waals surface area contributed by atoms with Gasteiger partial charge in [-0.1, -0.05) is 0 Å². The molecule has 0 radical (unpaired) electrons. The summed E-state index contributed by atoms with van der Waals surface area (Å²) in [6.07, 6.45) is 5.05. The molecule has 1 aromatic rings. The third kappa shape index (κ3) is 4.37. The third-order valence-corrected chi connectivity index (χ3v) is 3.12. The van der Waals surface area contributed by atoms with E-state index in [0.717, 1.165) is 0 Å². The molecule has 0 fully saturated rings. The predicted molar refractivity (Wildman–Crippen MR) is 81.1 cm³/mol. The quantitative estimate of drug-likeness (QED) is 0.419. The van der Waals surface area contributed by atoms with Crippen LogP contribution in [0.25, 0.3) is 0 Å². The van der Waals surface area contributed by atoms with Gasteiger partial charge in [-0.05, 0) is 45.1 Å². The van der Waals surface area contributed by atoms with E-state index in [-0.39, 0.29) is 26.1 Å². The van der Waals surface area contributed by atoms with E-state index in [4.69, 9.17) is 13.9 Å². The van der Waals surface area contributed by atoms with Crippen molar-refractivity contribution in [3.05, 3.63) is 42.0 Å². The lowest BCUT2D eigenvalue weighted by molar-refractivity contribution is -0.172. The molecule has 120 valence electrons. The fourth-order valence-electron chi connectivity index (χ4n) is 2.07. The zero-order chi connectivity index (χ0) is 16.4. The van der Waals surface area contributed by atoms with Crippen LogP contribution in [0, 0.1) is 5.41 Å². The summed E-state index contributed by atoms with van der Waals surface area (Å²) in [5.41, 5.74) is 1.42. The second-order valence-electron chi connectivity index (χ2n) is 4.64. The van der Waals surface area contributed by atoms with Crippen molar-refractivity contribution >= 4 is 11.9 Å². The van der Waals surface area contributed by atoms with E-state index in [1.54, 1.807) is 45.1 Å². The minimum absolute atomic E-state index is 0.0829. The van der Waals surface area contributed by atoms with Gasteiger partial charge in [-0.3, -0.25) is 9.59 Å². The summed E-state index contributed by atoms with van der Waals surface area (Å²) in [5, 5.41) is 0. The highest BCUT2D eigenvalue weighted by Gasteiger charge is 2.48. The lowest BCUT2D eigenvalue weighted by Gasteiger charge is -2.27. The molecule has 0 saturated carbocycles. The van der Waals surface area contributed by atoms with Gasteiger partial charge in [0.1, 0.15) is 5.76 Å². The summed E-state index contributed by atoms with van der Waals surface area (Å²) in [5.74, 6) is -0.701. The molecule has 5 nitrogen and oxygen atoms in total. The Bertz CT molecular complexity index is 517. The second-order valence-corrected chi connectivity index (χ2v) is 4.64. The molecule has 0 amide bonds. The van der Waals surface area contributed by atoms with Crippen LogP contribution in [0.5, 0.6) is 0 Å². The molecule has 0 unspecified atom stereocenters. The van der Waals surface area contributed by atoms with Gasteiger partial charge in [-0.15, -0.1) is 5.73 Å². The number of hydrogen-bond donors (Lipinski definition) is 0. The van der Waals surface area contributed by atoms with Gasteiger partial charge >= 0.3 is 11.9 Å². The van der Waals surface area contributed by atoms with Crippen molar-refractivity contribution < 1.29 is 23.5 Å². The van der Waals surface area contributed by atoms with E-state index < -0.39 is 17.4 Å². The van der Waals surface area contributed by atoms with Crippen LogP contribution in [-0.2, 0) is 25.5 Å². The van der Waals surface area contributed by atoms with E-state index in [2.05, 4.69) is 5.73 Å². The first-order valence-corrected chi connectivity index (χ1v) is 7.33. The molecule has 22 heavy (non-hydrogen) atoms. The fourth-order valence-corrected chi connectivity index (χ4v) is 2.07. The highest BCUT2D eigenvalue weighted by molar-refractivity contribution is 6.00. The number of carbonyl (C=O) groups is 2. The molecule has 0 aliphatic heterocycles. The minimum atomic E-state index is -1.46. The van der Waals surface area contributed by atoms with Crippen molar-refractivity contribution in [2.24, 2.45) is 5.41 Å². The van der Waals surface area contributed by atoms with Crippen LogP contribution in [0.2, 0.25) is 0 Å². The monoisotopic (exact) mass is 306 g/mol. The number of esters is 2. The highest BCUT2D eigenvalue weighted by atomic mass is 16.6. The molecule has 0 aliphatic rings. The summed E-state index contributed by atoms with van der Waals surface area (Å²) in [4.78, 5) is 25.0. The first-order chi connectivity index (χ1) is 10.6. The number of carbonyl (C=O) groups excluding carboxylic acids is 2. The average molecular weight is 306 g/mol. The van der Waals surface area contributed by atoms with Crippen LogP contribution < -0.4 is 0 Å². The Morgan fingerprint density at radius 3 is 2.36 bits per heavy atom. The number of hydrogen-bond acceptors (Lipinski definition) is 5. The Hall–Kier alpha value is -2.26. The van der Waals surface area contributed by atoms with Gasteiger partial charge < -0.3 is 13.9 Å². The van der Waals surface area contributed by atoms with Crippen LogP contribution in [0.3, 0.4) is 0 Å². The van der Waals surface area contributed by atoms with Crippen LogP contribution >= 0.6 is 0 Å². The Kier molecular flexibility index (Phi) is 7.20. The maximum atomic E-state index is 12.5. The van der Waals surface area contributed by atoms with Crippen molar-refractivity contribution in [2.75, 3.05) is 13.2 Å². The first-order valence-electron chi connectivity index (χ1n) is 7.33. The number of ether oxygens (including phenoxy) is 2. The molecule has 0 saturated heterocycles. The number of allylic oxidation sites excluding steroid dienone is 1.